The highest BCUT2D eigenvalue weighted by Crippen LogP contribution is 2.36. The molecule has 0 saturated heterocycles. The van der Waals surface area contributed by atoms with E-state index in [1.165, 1.54) is 56.4 Å². The van der Waals surface area contributed by atoms with Gasteiger partial charge in [-0.05, 0) is 25.7 Å². The van der Waals surface area contributed by atoms with Gasteiger partial charge >= 0.3 is 0 Å². The summed E-state index contributed by atoms with van der Waals surface area (Å²) >= 11 is 1.69. The van der Waals surface area contributed by atoms with Crippen molar-refractivity contribution in [2.45, 2.75) is 75.7 Å². The number of aromatic nitrogens is 4. The highest BCUT2D eigenvalue weighted by molar-refractivity contribution is 7.16. The van der Waals surface area contributed by atoms with E-state index < -0.39 is 0 Å². The molecule has 2 fully saturated rings. The predicted molar refractivity (Wildman–Crippen MR) is 83.7 cm³/mol. The molecule has 6 heteroatoms. The molecule has 5 nitrogen and oxygen atoms in total. The first-order chi connectivity index (χ1) is 10.3. The number of hydrogen-bond donors (Lipinski definition) is 1. The zero-order valence-corrected chi connectivity index (χ0v) is 13.2. The summed E-state index contributed by atoms with van der Waals surface area (Å²) < 4.78 is 2.01. The molecular weight excluding hydrogens is 282 g/mol. The van der Waals surface area contributed by atoms with Crippen LogP contribution in [0.15, 0.2) is 0 Å². The summed E-state index contributed by atoms with van der Waals surface area (Å²) in [5.74, 6) is 2.05. The molecule has 21 heavy (non-hydrogen) atoms. The topological polar surface area (TPSA) is 69.1 Å². The molecular formula is C15H23N5S. The van der Waals surface area contributed by atoms with Crippen LogP contribution < -0.4 is 5.73 Å². The molecule has 2 atom stereocenters. The normalized spacial score (nSPS) is 28.2. The van der Waals surface area contributed by atoms with Crippen LogP contribution in [0.25, 0.3) is 4.96 Å². The second kappa shape index (κ2) is 5.65. The minimum atomic E-state index is 0.265. The smallest absolute Gasteiger partial charge is 0.234 e. The van der Waals surface area contributed by atoms with Gasteiger partial charge in [0, 0.05) is 17.9 Å². The Morgan fingerprint density at radius 3 is 2.52 bits per heavy atom. The van der Waals surface area contributed by atoms with Crippen LogP contribution >= 0.6 is 11.3 Å². The molecule has 2 aromatic heterocycles. The van der Waals surface area contributed by atoms with Crippen LogP contribution in [0.3, 0.4) is 0 Å². The standard InChI is InChI=1S/C15H23N5S/c16-12-9-5-4-8-11(12)14-19-20-13(17-18-15(20)21-14)10-6-2-1-3-7-10/h10-12H,1-9,16H2. The molecule has 2 unspecified atom stereocenters. The zero-order valence-electron chi connectivity index (χ0n) is 12.4. The highest BCUT2D eigenvalue weighted by Gasteiger charge is 2.29. The molecule has 2 aliphatic rings. The molecule has 2 aromatic rings. The summed E-state index contributed by atoms with van der Waals surface area (Å²) in [5, 5.41) is 14.8. The molecule has 2 saturated carbocycles. The Morgan fingerprint density at radius 1 is 0.952 bits per heavy atom. The number of hydrogen-bond acceptors (Lipinski definition) is 5. The van der Waals surface area contributed by atoms with Crippen molar-refractivity contribution in [3.63, 3.8) is 0 Å². The van der Waals surface area contributed by atoms with Crippen molar-refractivity contribution in [1.82, 2.24) is 19.8 Å². The van der Waals surface area contributed by atoms with Crippen LogP contribution in [0.2, 0.25) is 0 Å². The quantitative estimate of drug-likeness (QED) is 0.925. The first-order valence-corrected chi connectivity index (χ1v) is 9.12. The van der Waals surface area contributed by atoms with Gasteiger partial charge in [0.15, 0.2) is 5.82 Å². The van der Waals surface area contributed by atoms with Crippen molar-refractivity contribution >= 4 is 16.3 Å². The lowest BCUT2D eigenvalue weighted by Gasteiger charge is -2.26. The Kier molecular flexibility index (Phi) is 3.67. The third-order valence-electron chi connectivity index (χ3n) is 5.14. The minimum Gasteiger partial charge on any atom is -0.327 e. The summed E-state index contributed by atoms with van der Waals surface area (Å²) in [6.45, 7) is 0. The number of nitrogens with two attached hydrogens (primary N) is 1. The lowest BCUT2D eigenvalue weighted by atomic mass is 9.85. The summed E-state index contributed by atoms with van der Waals surface area (Å²) in [7, 11) is 0. The van der Waals surface area contributed by atoms with Crippen molar-refractivity contribution in [3.05, 3.63) is 10.8 Å². The van der Waals surface area contributed by atoms with Gasteiger partial charge in [0.25, 0.3) is 0 Å². The van der Waals surface area contributed by atoms with Gasteiger partial charge in [0.05, 0.1) is 0 Å². The van der Waals surface area contributed by atoms with Gasteiger partial charge in [-0.2, -0.15) is 9.61 Å². The number of fused-ring (bicyclic) bond motifs is 1. The maximum Gasteiger partial charge on any atom is 0.234 e. The largest absolute Gasteiger partial charge is 0.327 e. The third-order valence-corrected chi connectivity index (χ3v) is 6.17. The molecule has 2 heterocycles. The molecule has 0 aliphatic heterocycles. The second-order valence-electron chi connectivity index (χ2n) is 6.58. The highest BCUT2D eigenvalue weighted by atomic mass is 32.1. The predicted octanol–water partition coefficient (Wildman–Crippen LogP) is 3.22. The lowest BCUT2D eigenvalue weighted by molar-refractivity contribution is 0.381. The average Bonchev–Trinajstić information content (AvgIpc) is 3.08. The molecule has 114 valence electrons. The first-order valence-electron chi connectivity index (χ1n) is 8.30. The minimum absolute atomic E-state index is 0.265. The van der Waals surface area contributed by atoms with Gasteiger partial charge in [-0.3, -0.25) is 0 Å². The van der Waals surface area contributed by atoms with Crippen LogP contribution in [-0.4, -0.2) is 25.9 Å². The van der Waals surface area contributed by atoms with Crippen molar-refractivity contribution in [1.29, 1.82) is 0 Å². The van der Waals surface area contributed by atoms with Crippen molar-refractivity contribution in [2.24, 2.45) is 5.73 Å². The summed E-state index contributed by atoms with van der Waals surface area (Å²) in [6.07, 6.45) is 11.3. The fourth-order valence-corrected chi connectivity index (χ4v) is 4.93. The zero-order chi connectivity index (χ0) is 14.2. The monoisotopic (exact) mass is 305 g/mol. The van der Waals surface area contributed by atoms with E-state index in [2.05, 4.69) is 10.2 Å². The molecule has 2 aliphatic carbocycles. The van der Waals surface area contributed by atoms with Crippen molar-refractivity contribution < 1.29 is 0 Å². The fraction of sp³-hybridized carbons (Fsp3) is 0.800. The van der Waals surface area contributed by atoms with Crippen LogP contribution in [-0.2, 0) is 0 Å². The molecule has 0 radical (unpaired) electrons. The van der Waals surface area contributed by atoms with E-state index in [9.17, 15) is 0 Å². The Hall–Kier alpha value is -1.01. The van der Waals surface area contributed by atoms with E-state index in [-0.39, 0.29) is 6.04 Å². The van der Waals surface area contributed by atoms with Gasteiger partial charge in [0.2, 0.25) is 4.96 Å². The van der Waals surface area contributed by atoms with E-state index >= 15 is 0 Å². The van der Waals surface area contributed by atoms with E-state index in [1.807, 2.05) is 4.52 Å². The summed E-state index contributed by atoms with van der Waals surface area (Å²) in [6, 6.07) is 0.265. The third kappa shape index (κ3) is 2.48. The Bertz CT molecular complexity index is 613. The maximum atomic E-state index is 6.30. The maximum absolute atomic E-state index is 6.30. The molecule has 0 bridgehead atoms. The Balaban J connectivity index is 1.65. The van der Waals surface area contributed by atoms with Crippen LogP contribution in [0.5, 0.6) is 0 Å². The fourth-order valence-electron chi connectivity index (χ4n) is 3.88. The number of rotatable bonds is 2. The number of nitrogens with zero attached hydrogens (tertiary/aromatic N) is 4. The molecule has 2 N–H and O–H groups in total. The van der Waals surface area contributed by atoms with E-state index in [4.69, 9.17) is 10.8 Å². The van der Waals surface area contributed by atoms with Gasteiger partial charge in [0.1, 0.15) is 5.01 Å². The molecule has 0 amide bonds. The summed E-state index contributed by atoms with van der Waals surface area (Å²) in [4.78, 5) is 0.948. The molecule has 0 aromatic carbocycles. The van der Waals surface area contributed by atoms with Gasteiger partial charge in [-0.25, -0.2) is 0 Å². The Labute approximate surface area is 128 Å². The molecule has 4 rings (SSSR count). The SMILES string of the molecule is NC1CCCCC1c1nn2c(C3CCCCC3)nnc2s1. The van der Waals surface area contributed by atoms with Crippen molar-refractivity contribution in [3.8, 4) is 0 Å². The van der Waals surface area contributed by atoms with Gasteiger partial charge in [-0.15, -0.1) is 10.2 Å². The van der Waals surface area contributed by atoms with Crippen LogP contribution in [0, 0.1) is 0 Å². The first kappa shape index (κ1) is 13.6. The van der Waals surface area contributed by atoms with Crippen molar-refractivity contribution in [2.75, 3.05) is 0 Å². The summed E-state index contributed by atoms with van der Waals surface area (Å²) in [5.41, 5.74) is 6.30. The van der Waals surface area contributed by atoms with E-state index in [0.717, 1.165) is 17.2 Å². The van der Waals surface area contributed by atoms with Gasteiger partial charge in [-0.1, -0.05) is 43.4 Å². The average molecular weight is 305 g/mol. The van der Waals surface area contributed by atoms with Gasteiger partial charge < -0.3 is 5.73 Å². The van der Waals surface area contributed by atoms with E-state index in [1.54, 1.807) is 11.3 Å². The van der Waals surface area contributed by atoms with Crippen LogP contribution in [0.1, 0.15) is 80.5 Å². The van der Waals surface area contributed by atoms with E-state index in [0.29, 0.717) is 11.8 Å². The Morgan fingerprint density at radius 2 is 1.71 bits per heavy atom. The van der Waals surface area contributed by atoms with Crippen LogP contribution in [0.4, 0.5) is 0 Å². The lowest BCUT2D eigenvalue weighted by Crippen LogP contribution is -2.31. The molecule has 0 spiro atoms. The second-order valence-corrected chi connectivity index (χ2v) is 7.57.